The fraction of sp³-hybridized carbons (Fsp3) is 0.409. The number of carbonyl (C=O) groups is 1. The number of carbonyl (C=O) groups excluding carboxylic acids is 1. The number of para-hydroxylation sites is 1. The number of benzene rings is 2. The summed E-state index contributed by atoms with van der Waals surface area (Å²) in [6.45, 7) is 8.40. The van der Waals surface area contributed by atoms with Crippen LogP contribution >= 0.6 is 0 Å². The van der Waals surface area contributed by atoms with Crippen LogP contribution in [0.4, 0.5) is 15.8 Å². The average Bonchev–Trinajstić information content (AvgIpc) is 2.69. The van der Waals surface area contributed by atoms with Crippen LogP contribution in [0.3, 0.4) is 0 Å². The first-order chi connectivity index (χ1) is 13.1. The number of hydrogen-bond acceptors (Lipinski definition) is 3. The lowest BCUT2D eigenvalue weighted by Gasteiger charge is -2.36. The highest BCUT2D eigenvalue weighted by atomic mass is 19.1. The lowest BCUT2D eigenvalue weighted by atomic mass is 10.2. The minimum atomic E-state index is -0.200. The van der Waals surface area contributed by atoms with Gasteiger partial charge in [0.15, 0.2) is 0 Å². The van der Waals surface area contributed by atoms with Crippen molar-refractivity contribution >= 4 is 17.3 Å². The molecule has 0 aromatic heterocycles. The molecule has 2 aromatic rings. The van der Waals surface area contributed by atoms with Gasteiger partial charge < -0.3 is 14.7 Å². The third kappa shape index (κ3) is 4.79. The second-order valence-electron chi connectivity index (χ2n) is 6.99. The van der Waals surface area contributed by atoms with Gasteiger partial charge in [-0.25, -0.2) is 4.39 Å². The van der Waals surface area contributed by atoms with Crippen LogP contribution in [-0.4, -0.2) is 50.1 Å². The highest BCUT2D eigenvalue weighted by molar-refractivity contribution is 5.77. The summed E-state index contributed by atoms with van der Waals surface area (Å²) in [5.74, 6) is -0.0247. The number of halogens is 1. The van der Waals surface area contributed by atoms with Crippen molar-refractivity contribution in [1.29, 1.82) is 0 Å². The molecular weight excluding hydrogens is 341 g/mol. The molecule has 1 aliphatic heterocycles. The van der Waals surface area contributed by atoms with Crippen molar-refractivity contribution in [1.82, 2.24) is 4.90 Å². The van der Waals surface area contributed by atoms with Crippen LogP contribution in [-0.2, 0) is 4.79 Å². The molecule has 1 aliphatic rings. The van der Waals surface area contributed by atoms with Crippen molar-refractivity contribution in [2.24, 2.45) is 0 Å². The number of nitrogens with zero attached hydrogens (tertiary/aromatic N) is 3. The van der Waals surface area contributed by atoms with Crippen molar-refractivity contribution in [2.45, 2.75) is 20.3 Å². The molecule has 0 bridgehead atoms. The highest BCUT2D eigenvalue weighted by Gasteiger charge is 2.22. The first-order valence-corrected chi connectivity index (χ1v) is 9.67. The molecule has 0 spiro atoms. The van der Waals surface area contributed by atoms with Crippen molar-refractivity contribution < 1.29 is 9.18 Å². The van der Waals surface area contributed by atoms with Crippen LogP contribution in [0, 0.1) is 12.7 Å². The first-order valence-electron chi connectivity index (χ1n) is 9.67. The highest BCUT2D eigenvalue weighted by Crippen LogP contribution is 2.21. The van der Waals surface area contributed by atoms with Crippen LogP contribution in [0.25, 0.3) is 0 Å². The van der Waals surface area contributed by atoms with E-state index in [9.17, 15) is 9.18 Å². The average molecular weight is 369 g/mol. The molecule has 1 amide bonds. The summed E-state index contributed by atoms with van der Waals surface area (Å²) in [4.78, 5) is 18.8. The van der Waals surface area contributed by atoms with Gasteiger partial charge >= 0.3 is 0 Å². The molecule has 3 rings (SSSR count). The van der Waals surface area contributed by atoms with Crippen molar-refractivity contribution in [3.05, 3.63) is 59.9 Å². The summed E-state index contributed by atoms with van der Waals surface area (Å²) >= 11 is 0. The Morgan fingerprint density at radius 2 is 1.81 bits per heavy atom. The Morgan fingerprint density at radius 1 is 1.07 bits per heavy atom. The zero-order valence-corrected chi connectivity index (χ0v) is 16.2. The minimum absolute atomic E-state index is 0.175. The SMILES string of the molecule is CCN(CCC(=O)N1CCN(c2ccccc2F)CC1)c1cccc(C)c1. The molecule has 1 fully saturated rings. The van der Waals surface area contributed by atoms with E-state index in [-0.39, 0.29) is 11.7 Å². The van der Waals surface area contributed by atoms with E-state index >= 15 is 0 Å². The van der Waals surface area contributed by atoms with Gasteiger partial charge in [0, 0.05) is 51.4 Å². The Labute approximate surface area is 161 Å². The number of piperazine rings is 1. The maximum Gasteiger partial charge on any atom is 0.224 e. The lowest BCUT2D eigenvalue weighted by molar-refractivity contribution is -0.131. The number of rotatable bonds is 6. The lowest BCUT2D eigenvalue weighted by Crippen LogP contribution is -2.49. The van der Waals surface area contributed by atoms with Gasteiger partial charge in [0.1, 0.15) is 5.82 Å². The van der Waals surface area contributed by atoms with Gasteiger partial charge in [0.25, 0.3) is 0 Å². The van der Waals surface area contributed by atoms with E-state index in [1.807, 2.05) is 15.9 Å². The quantitative estimate of drug-likeness (QED) is 0.777. The minimum Gasteiger partial charge on any atom is -0.371 e. The maximum atomic E-state index is 13.9. The number of anilines is 2. The smallest absolute Gasteiger partial charge is 0.224 e. The van der Waals surface area contributed by atoms with E-state index in [1.165, 1.54) is 11.6 Å². The summed E-state index contributed by atoms with van der Waals surface area (Å²) in [6.07, 6.45) is 0.501. The topological polar surface area (TPSA) is 26.8 Å². The molecule has 0 radical (unpaired) electrons. The van der Waals surface area contributed by atoms with Gasteiger partial charge in [-0.2, -0.15) is 0 Å². The summed E-state index contributed by atoms with van der Waals surface area (Å²) in [6, 6.07) is 15.2. The predicted octanol–water partition coefficient (Wildman–Crippen LogP) is 3.70. The van der Waals surface area contributed by atoms with E-state index in [4.69, 9.17) is 0 Å². The molecule has 0 aliphatic carbocycles. The number of aryl methyl sites for hydroxylation is 1. The van der Waals surface area contributed by atoms with Gasteiger partial charge in [-0.05, 0) is 43.7 Å². The number of hydrogen-bond donors (Lipinski definition) is 0. The first kappa shape index (κ1) is 19.2. The molecule has 1 saturated heterocycles. The molecule has 0 atom stereocenters. The van der Waals surface area contributed by atoms with E-state index < -0.39 is 0 Å². The van der Waals surface area contributed by atoms with E-state index in [1.54, 1.807) is 12.1 Å². The Morgan fingerprint density at radius 3 is 2.48 bits per heavy atom. The summed E-state index contributed by atoms with van der Waals surface area (Å²) in [7, 11) is 0. The zero-order valence-electron chi connectivity index (χ0n) is 16.2. The van der Waals surface area contributed by atoms with Gasteiger partial charge in [-0.3, -0.25) is 4.79 Å². The zero-order chi connectivity index (χ0) is 19.2. The van der Waals surface area contributed by atoms with Crippen LogP contribution in [0.2, 0.25) is 0 Å². The van der Waals surface area contributed by atoms with Crippen molar-refractivity contribution in [2.75, 3.05) is 49.1 Å². The standard InChI is InChI=1S/C22H28FN3O/c1-3-24(19-8-6-7-18(2)17-19)12-11-22(27)26-15-13-25(14-16-26)21-10-5-4-9-20(21)23/h4-10,17H,3,11-16H2,1-2H3. The monoisotopic (exact) mass is 369 g/mol. The Hall–Kier alpha value is -2.56. The van der Waals surface area contributed by atoms with Gasteiger partial charge in [-0.1, -0.05) is 24.3 Å². The van der Waals surface area contributed by atoms with Crippen LogP contribution in [0.15, 0.2) is 48.5 Å². The van der Waals surface area contributed by atoms with Gasteiger partial charge in [-0.15, -0.1) is 0 Å². The molecule has 4 nitrogen and oxygen atoms in total. The molecule has 27 heavy (non-hydrogen) atoms. The molecule has 0 N–H and O–H groups in total. The third-order valence-electron chi connectivity index (χ3n) is 5.17. The van der Waals surface area contributed by atoms with E-state index in [0.29, 0.717) is 44.8 Å². The Bertz CT molecular complexity index is 772. The third-order valence-corrected chi connectivity index (χ3v) is 5.17. The fourth-order valence-electron chi connectivity index (χ4n) is 3.59. The summed E-state index contributed by atoms with van der Waals surface area (Å²) in [5, 5.41) is 0. The molecule has 0 unspecified atom stereocenters. The Kier molecular flexibility index (Phi) is 6.32. The molecule has 2 aromatic carbocycles. The second-order valence-corrected chi connectivity index (χ2v) is 6.99. The van der Waals surface area contributed by atoms with E-state index in [2.05, 4.69) is 43.0 Å². The summed E-state index contributed by atoms with van der Waals surface area (Å²) < 4.78 is 13.9. The van der Waals surface area contributed by atoms with Gasteiger partial charge in [0.05, 0.1) is 5.69 Å². The van der Waals surface area contributed by atoms with Gasteiger partial charge in [0.2, 0.25) is 5.91 Å². The van der Waals surface area contributed by atoms with Crippen molar-refractivity contribution in [3.63, 3.8) is 0 Å². The van der Waals surface area contributed by atoms with Crippen LogP contribution < -0.4 is 9.80 Å². The molecule has 144 valence electrons. The van der Waals surface area contributed by atoms with Crippen LogP contribution in [0.5, 0.6) is 0 Å². The summed E-state index contributed by atoms with van der Waals surface area (Å²) in [5.41, 5.74) is 3.01. The van der Waals surface area contributed by atoms with Crippen LogP contribution in [0.1, 0.15) is 18.9 Å². The maximum absolute atomic E-state index is 13.9. The van der Waals surface area contributed by atoms with E-state index in [0.717, 1.165) is 12.2 Å². The predicted molar refractivity (Wildman–Crippen MR) is 109 cm³/mol. The second kappa shape index (κ2) is 8.89. The fourth-order valence-corrected chi connectivity index (χ4v) is 3.59. The largest absolute Gasteiger partial charge is 0.371 e. The molecular formula is C22H28FN3O. The normalized spacial score (nSPS) is 14.3. The molecule has 1 heterocycles. The van der Waals surface area contributed by atoms with Crippen molar-refractivity contribution in [3.8, 4) is 0 Å². The molecule has 5 heteroatoms. The number of amides is 1. The Balaban J connectivity index is 1.51. The molecule has 0 saturated carbocycles.